The number of hydrogen-bond donors (Lipinski definition) is 2. The van der Waals surface area contributed by atoms with Gasteiger partial charge in [-0.2, -0.15) is 0 Å². The van der Waals surface area contributed by atoms with E-state index in [9.17, 15) is 0 Å². The molecule has 0 saturated carbocycles. The van der Waals surface area contributed by atoms with Crippen LogP contribution < -0.4 is 15.4 Å². The Hall–Kier alpha value is -1.06. The minimum Gasteiger partial charge on any atom is -0.492 e. The predicted octanol–water partition coefficient (Wildman–Crippen LogP) is 1.48. The van der Waals surface area contributed by atoms with E-state index in [4.69, 9.17) is 9.73 Å². The second-order valence-corrected chi connectivity index (χ2v) is 6.20. The highest BCUT2D eigenvalue weighted by atomic mass is 127. The van der Waals surface area contributed by atoms with Gasteiger partial charge in [0, 0.05) is 32.2 Å². The summed E-state index contributed by atoms with van der Waals surface area (Å²) in [5, 5.41) is 6.64. The molecule has 1 unspecified atom stereocenters. The van der Waals surface area contributed by atoms with Gasteiger partial charge in [0.1, 0.15) is 12.4 Å². The molecule has 1 atom stereocenters. The SMILES string of the molecule is CCNC(=NCC1CN(C)CCN1C)NCCOc1ccccc1.I. The standard InChI is InChI=1S/C18H31N5O.HI/c1-4-19-18(20-10-13-24-17-8-6-5-7-9-17)21-14-16-15-22(2)11-12-23(16)3;/h5-9,16H,4,10-15H2,1-3H3,(H2,19,20,21);1H. The minimum atomic E-state index is 0. The van der Waals surface area contributed by atoms with E-state index in [0.29, 0.717) is 12.6 Å². The molecule has 0 amide bonds. The van der Waals surface area contributed by atoms with Crippen LogP contribution in [0.3, 0.4) is 0 Å². The lowest BCUT2D eigenvalue weighted by atomic mass is 10.2. The summed E-state index contributed by atoms with van der Waals surface area (Å²) in [5.74, 6) is 1.75. The van der Waals surface area contributed by atoms with Crippen molar-refractivity contribution < 1.29 is 4.74 Å². The molecule has 1 saturated heterocycles. The third-order valence-electron chi connectivity index (χ3n) is 4.19. The molecule has 1 aromatic carbocycles. The maximum atomic E-state index is 5.70. The quantitative estimate of drug-likeness (QED) is 0.279. The summed E-state index contributed by atoms with van der Waals surface area (Å²) >= 11 is 0. The monoisotopic (exact) mass is 461 g/mol. The van der Waals surface area contributed by atoms with Crippen molar-refractivity contribution in [1.29, 1.82) is 0 Å². The Morgan fingerprint density at radius 2 is 1.96 bits per heavy atom. The van der Waals surface area contributed by atoms with Crippen LogP contribution in [0.25, 0.3) is 0 Å². The molecular weight excluding hydrogens is 429 g/mol. The van der Waals surface area contributed by atoms with Crippen molar-refractivity contribution in [3.8, 4) is 5.75 Å². The van der Waals surface area contributed by atoms with Crippen LogP contribution >= 0.6 is 24.0 Å². The molecule has 0 radical (unpaired) electrons. The van der Waals surface area contributed by atoms with Gasteiger partial charge in [-0.05, 0) is 33.2 Å². The van der Waals surface area contributed by atoms with Crippen LogP contribution in [0.4, 0.5) is 0 Å². The third-order valence-corrected chi connectivity index (χ3v) is 4.19. The average molecular weight is 461 g/mol. The number of nitrogens with one attached hydrogen (secondary N) is 2. The fourth-order valence-electron chi connectivity index (χ4n) is 2.69. The lowest BCUT2D eigenvalue weighted by Crippen LogP contribution is -2.51. The summed E-state index contributed by atoms with van der Waals surface area (Å²) in [6.45, 7) is 8.37. The van der Waals surface area contributed by atoms with Gasteiger partial charge in [-0.15, -0.1) is 24.0 Å². The van der Waals surface area contributed by atoms with Crippen molar-refractivity contribution in [3.63, 3.8) is 0 Å². The van der Waals surface area contributed by atoms with E-state index in [1.165, 1.54) is 0 Å². The maximum absolute atomic E-state index is 5.70. The van der Waals surface area contributed by atoms with Crippen LogP contribution in [0.2, 0.25) is 0 Å². The van der Waals surface area contributed by atoms with Crippen molar-refractivity contribution in [2.24, 2.45) is 4.99 Å². The number of guanidine groups is 1. The van der Waals surface area contributed by atoms with E-state index in [-0.39, 0.29) is 24.0 Å². The minimum absolute atomic E-state index is 0. The summed E-state index contributed by atoms with van der Waals surface area (Å²) in [7, 11) is 4.36. The van der Waals surface area contributed by atoms with Gasteiger partial charge in [0.15, 0.2) is 5.96 Å². The zero-order valence-electron chi connectivity index (χ0n) is 15.6. The van der Waals surface area contributed by atoms with Crippen LogP contribution in [0.1, 0.15) is 6.92 Å². The fourth-order valence-corrected chi connectivity index (χ4v) is 2.69. The van der Waals surface area contributed by atoms with E-state index in [2.05, 4.69) is 41.5 Å². The Labute approximate surface area is 169 Å². The van der Waals surface area contributed by atoms with E-state index in [0.717, 1.165) is 51.0 Å². The van der Waals surface area contributed by atoms with Crippen LogP contribution in [-0.4, -0.2) is 81.8 Å². The first-order chi connectivity index (χ1) is 11.7. The molecule has 25 heavy (non-hydrogen) atoms. The average Bonchev–Trinajstić information content (AvgIpc) is 2.60. The van der Waals surface area contributed by atoms with Crippen LogP contribution in [0.5, 0.6) is 5.75 Å². The van der Waals surface area contributed by atoms with Crippen molar-refractivity contribution in [2.45, 2.75) is 13.0 Å². The molecule has 1 aliphatic heterocycles. The number of likely N-dealkylation sites (N-methyl/N-ethyl adjacent to an activating group) is 2. The van der Waals surface area contributed by atoms with Crippen LogP contribution in [0.15, 0.2) is 35.3 Å². The summed E-state index contributed by atoms with van der Waals surface area (Å²) in [6.07, 6.45) is 0. The zero-order chi connectivity index (χ0) is 17.2. The third kappa shape index (κ3) is 8.24. The molecule has 1 aromatic rings. The van der Waals surface area contributed by atoms with Gasteiger partial charge in [0.05, 0.1) is 13.1 Å². The second kappa shape index (κ2) is 12.3. The molecule has 2 N–H and O–H groups in total. The number of nitrogens with zero attached hydrogens (tertiary/aromatic N) is 3. The van der Waals surface area contributed by atoms with Gasteiger partial charge in [-0.25, -0.2) is 0 Å². The lowest BCUT2D eigenvalue weighted by Gasteiger charge is -2.36. The molecule has 1 aliphatic rings. The Bertz CT molecular complexity index is 499. The molecule has 6 nitrogen and oxygen atoms in total. The number of aliphatic imine (C=N–C) groups is 1. The fraction of sp³-hybridized carbons (Fsp3) is 0.611. The number of para-hydroxylation sites is 1. The molecule has 7 heteroatoms. The van der Waals surface area contributed by atoms with Gasteiger partial charge in [0.2, 0.25) is 0 Å². The van der Waals surface area contributed by atoms with Crippen LogP contribution in [-0.2, 0) is 0 Å². The van der Waals surface area contributed by atoms with Gasteiger partial charge < -0.3 is 20.3 Å². The van der Waals surface area contributed by atoms with Crippen molar-refractivity contribution >= 4 is 29.9 Å². The highest BCUT2D eigenvalue weighted by Crippen LogP contribution is 2.07. The van der Waals surface area contributed by atoms with Crippen molar-refractivity contribution in [3.05, 3.63) is 30.3 Å². The first kappa shape index (κ1) is 22.0. The normalized spacial score (nSPS) is 19.2. The number of ether oxygens (including phenoxy) is 1. The second-order valence-electron chi connectivity index (χ2n) is 6.20. The Morgan fingerprint density at radius 1 is 1.20 bits per heavy atom. The summed E-state index contributed by atoms with van der Waals surface area (Å²) in [5.41, 5.74) is 0. The van der Waals surface area contributed by atoms with E-state index < -0.39 is 0 Å². The molecule has 0 bridgehead atoms. The summed E-state index contributed by atoms with van der Waals surface area (Å²) in [4.78, 5) is 9.50. The molecule has 142 valence electrons. The molecular formula is C18H32IN5O. The Kier molecular flexibility index (Phi) is 10.8. The maximum Gasteiger partial charge on any atom is 0.191 e. The van der Waals surface area contributed by atoms with Crippen molar-refractivity contribution in [1.82, 2.24) is 20.4 Å². The smallest absolute Gasteiger partial charge is 0.191 e. The predicted molar refractivity (Wildman–Crippen MR) is 115 cm³/mol. The molecule has 2 rings (SSSR count). The zero-order valence-corrected chi connectivity index (χ0v) is 17.9. The Morgan fingerprint density at radius 3 is 2.68 bits per heavy atom. The summed E-state index contributed by atoms with van der Waals surface area (Å²) < 4.78 is 5.70. The van der Waals surface area contributed by atoms with E-state index >= 15 is 0 Å². The van der Waals surface area contributed by atoms with E-state index in [1.54, 1.807) is 0 Å². The lowest BCUT2D eigenvalue weighted by molar-refractivity contribution is 0.119. The largest absolute Gasteiger partial charge is 0.492 e. The number of hydrogen-bond acceptors (Lipinski definition) is 4. The molecule has 0 aliphatic carbocycles. The number of benzene rings is 1. The van der Waals surface area contributed by atoms with Gasteiger partial charge in [0.25, 0.3) is 0 Å². The highest BCUT2D eigenvalue weighted by molar-refractivity contribution is 14.0. The number of piperazine rings is 1. The number of halogens is 1. The van der Waals surface area contributed by atoms with Gasteiger partial charge in [-0.3, -0.25) is 9.89 Å². The molecule has 1 fully saturated rings. The number of rotatable bonds is 7. The molecule has 1 heterocycles. The van der Waals surface area contributed by atoms with Gasteiger partial charge >= 0.3 is 0 Å². The summed E-state index contributed by atoms with van der Waals surface area (Å²) in [6, 6.07) is 10.3. The molecule has 0 spiro atoms. The first-order valence-electron chi connectivity index (χ1n) is 8.78. The molecule has 0 aromatic heterocycles. The van der Waals surface area contributed by atoms with Gasteiger partial charge in [-0.1, -0.05) is 18.2 Å². The highest BCUT2D eigenvalue weighted by Gasteiger charge is 2.21. The van der Waals surface area contributed by atoms with Crippen molar-refractivity contribution in [2.75, 3.05) is 60.0 Å². The van der Waals surface area contributed by atoms with E-state index in [1.807, 2.05) is 30.3 Å². The topological polar surface area (TPSA) is 52.1 Å². The van der Waals surface area contributed by atoms with Crippen LogP contribution in [0, 0.1) is 0 Å². The first-order valence-corrected chi connectivity index (χ1v) is 8.78. The Balaban J connectivity index is 0.00000312.